The normalized spacial score (nSPS) is 30.0. The molecular formula is C24H31F. The maximum atomic E-state index is 12.9. The molecule has 2 aliphatic carbocycles. The molecule has 0 saturated heterocycles. The number of allylic oxidation sites excluding steroid dienone is 2. The fourth-order valence-electron chi connectivity index (χ4n) is 4.72. The van der Waals surface area contributed by atoms with Crippen molar-refractivity contribution in [1.82, 2.24) is 0 Å². The van der Waals surface area contributed by atoms with Gasteiger partial charge in [0.15, 0.2) is 0 Å². The van der Waals surface area contributed by atoms with E-state index in [0.29, 0.717) is 5.92 Å². The zero-order valence-electron chi connectivity index (χ0n) is 15.5. The molecule has 0 atom stereocenters. The van der Waals surface area contributed by atoms with Crippen LogP contribution in [-0.4, -0.2) is 0 Å². The van der Waals surface area contributed by atoms with E-state index in [9.17, 15) is 4.39 Å². The summed E-state index contributed by atoms with van der Waals surface area (Å²) in [5.74, 6) is 9.67. The van der Waals surface area contributed by atoms with Crippen LogP contribution in [-0.2, 0) is 0 Å². The number of benzene rings is 1. The van der Waals surface area contributed by atoms with Gasteiger partial charge in [-0.1, -0.05) is 44.1 Å². The van der Waals surface area contributed by atoms with Crippen molar-refractivity contribution in [3.63, 3.8) is 0 Å². The molecule has 0 heterocycles. The van der Waals surface area contributed by atoms with Crippen LogP contribution in [0.1, 0.15) is 70.3 Å². The van der Waals surface area contributed by atoms with Crippen LogP contribution in [0.4, 0.5) is 4.39 Å². The molecule has 0 N–H and O–H groups in total. The summed E-state index contributed by atoms with van der Waals surface area (Å²) in [5, 5.41) is 0. The molecule has 3 rings (SSSR count). The first-order valence-corrected chi connectivity index (χ1v) is 10.2. The molecule has 1 heteroatoms. The van der Waals surface area contributed by atoms with Gasteiger partial charge in [0.05, 0.1) is 0 Å². The van der Waals surface area contributed by atoms with Gasteiger partial charge in [0, 0.05) is 5.56 Å². The Morgan fingerprint density at radius 3 is 2.12 bits per heavy atom. The van der Waals surface area contributed by atoms with Gasteiger partial charge in [0.25, 0.3) is 0 Å². The molecule has 0 aromatic heterocycles. The van der Waals surface area contributed by atoms with E-state index >= 15 is 0 Å². The highest BCUT2D eigenvalue weighted by Gasteiger charge is 2.29. The summed E-state index contributed by atoms with van der Waals surface area (Å²) in [5.41, 5.74) is 0.873. The summed E-state index contributed by atoms with van der Waals surface area (Å²) in [6.07, 6.45) is 17.0. The predicted octanol–water partition coefficient (Wildman–Crippen LogP) is 6.76. The molecule has 0 radical (unpaired) electrons. The van der Waals surface area contributed by atoms with Crippen LogP contribution < -0.4 is 0 Å². The molecule has 0 unspecified atom stereocenters. The Morgan fingerprint density at radius 2 is 1.52 bits per heavy atom. The van der Waals surface area contributed by atoms with E-state index < -0.39 is 0 Å². The Bertz CT molecular complexity index is 600. The van der Waals surface area contributed by atoms with Crippen molar-refractivity contribution < 1.29 is 4.39 Å². The summed E-state index contributed by atoms with van der Waals surface area (Å²) in [6, 6.07) is 6.38. The van der Waals surface area contributed by atoms with E-state index in [4.69, 9.17) is 0 Å². The van der Waals surface area contributed by atoms with Gasteiger partial charge >= 0.3 is 0 Å². The zero-order chi connectivity index (χ0) is 17.5. The second-order valence-electron chi connectivity index (χ2n) is 8.00. The highest BCUT2D eigenvalue weighted by molar-refractivity contribution is 5.36. The fourth-order valence-corrected chi connectivity index (χ4v) is 4.72. The van der Waals surface area contributed by atoms with Crippen LogP contribution in [0.3, 0.4) is 0 Å². The van der Waals surface area contributed by atoms with Crippen LogP contribution in [0.5, 0.6) is 0 Å². The lowest BCUT2D eigenvalue weighted by Crippen LogP contribution is -2.25. The minimum atomic E-state index is -0.207. The van der Waals surface area contributed by atoms with Crippen molar-refractivity contribution in [1.29, 1.82) is 0 Å². The lowest BCUT2D eigenvalue weighted by molar-refractivity contribution is 0.154. The second kappa shape index (κ2) is 9.23. The molecule has 0 bridgehead atoms. The highest BCUT2D eigenvalue weighted by atomic mass is 19.1. The van der Waals surface area contributed by atoms with E-state index in [0.717, 1.165) is 23.3 Å². The molecule has 2 aliphatic rings. The quantitative estimate of drug-likeness (QED) is 0.534. The Hall–Kier alpha value is -1.55. The summed E-state index contributed by atoms with van der Waals surface area (Å²) in [4.78, 5) is 0. The van der Waals surface area contributed by atoms with E-state index in [2.05, 4.69) is 24.8 Å². The lowest BCUT2D eigenvalue weighted by atomic mass is 9.69. The van der Waals surface area contributed by atoms with Crippen LogP contribution in [0, 0.1) is 41.3 Å². The van der Waals surface area contributed by atoms with Crippen molar-refractivity contribution in [2.45, 2.75) is 64.7 Å². The average molecular weight is 339 g/mol. The maximum Gasteiger partial charge on any atom is 0.123 e. The summed E-state index contributed by atoms with van der Waals surface area (Å²) in [7, 11) is 0. The van der Waals surface area contributed by atoms with E-state index in [-0.39, 0.29) is 5.82 Å². The van der Waals surface area contributed by atoms with Gasteiger partial charge in [-0.05, 0) is 92.5 Å². The molecule has 2 saturated carbocycles. The number of rotatable bonds is 3. The largest absolute Gasteiger partial charge is 0.207 e. The first kappa shape index (κ1) is 18.2. The first-order chi connectivity index (χ1) is 12.2. The van der Waals surface area contributed by atoms with Crippen molar-refractivity contribution in [2.75, 3.05) is 0 Å². The molecule has 0 amide bonds. The molecule has 1 aromatic rings. The van der Waals surface area contributed by atoms with E-state index in [1.165, 1.54) is 69.9 Å². The van der Waals surface area contributed by atoms with Crippen molar-refractivity contribution in [3.8, 4) is 11.8 Å². The highest BCUT2D eigenvalue weighted by Crippen LogP contribution is 2.42. The van der Waals surface area contributed by atoms with Gasteiger partial charge in [-0.2, -0.15) is 0 Å². The zero-order valence-corrected chi connectivity index (χ0v) is 15.5. The first-order valence-electron chi connectivity index (χ1n) is 10.2. The smallest absolute Gasteiger partial charge is 0.123 e. The average Bonchev–Trinajstić information content (AvgIpc) is 2.67. The fraction of sp³-hybridized carbons (Fsp3) is 0.583. The monoisotopic (exact) mass is 338 g/mol. The third-order valence-electron chi connectivity index (χ3n) is 6.46. The Labute approximate surface area is 152 Å². The van der Waals surface area contributed by atoms with Crippen LogP contribution in [0.25, 0.3) is 0 Å². The van der Waals surface area contributed by atoms with Crippen molar-refractivity contribution in [2.24, 2.45) is 23.7 Å². The van der Waals surface area contributed by atoms with Gasteiger partial charge < -0.3 is 0 Å². The SMILES string of the molecule is CC[C@H]1CC[C@H](C2CCC(/C=C/C#Cc3ccc(F)cc3)CC2)CC1. The molecule has 0 spiro atoms. The molecule has 25 heavy (non-hydrogen) atoms. The van der Waals surface area contributed by atoms with E-state index in [1.54, 1.807) is 12.1 Å². The number of hydrogen-bond acceptors (Lipinski definition) is 0. The van der Waals surface area contributed by atoms with Gasteiger partial charge in [0.2, 0.25) is 0 Å². The third-order valence-corrected chi connectivity index (χ3v) is 6.46. The van der Waals surface area contributed by atoms with Gasteiger partial charge in [-0.3, -0.25) is 0 Å². The van der Waals surface area contributed by atoms with Crippen molar-refractivity contribution in [3.05, 3.63) is 47.8 Å². The molecular weight excluding hydrogens is 307 g/mol. The van der Waals surface area contributed by atoms with E-state index in [1.807, 2.05) is 6.08 Å². The molecule has 0 nitrogen and oxygen atoms in total. The summed E-state index contributed by atoms with van der Waals surface area (Å²) >= 11 is 0. The third kappa shape index (κ3) is 5.46. The Balaban J connectivity index is 1.41. The minimum absolute atomic E-state index is 0.207. The number of halogens is 1. The lowest BCUT2D eigenvalue weighted by Gasteiger charge is -2.37. The van der Waals surface area contributed by atoms with Gasteiger partial charge in [-0.15, -0.1) is 0 Å². The summed E-state index contributed by atoms with van der Waals surface area (Å²) < 4.78 is 12.9. The molecule has 134 valence electrons. The standard InChI is InChI=1S/C24H31F/c1-2-19-7-13-22(14-8-19)23-15-9-20(10-16-23)5-3-4-6-21-11-17-24(25)18-12-21/h3,5,11-12,17-20,22-23H,2,7-10,13-16H2,1H3/b5-3+/t19-,20?,22-,23?. The van der Waals surface area contributed by atoms with Crippen LogP contribution in [0.15, 0.2) is 36.4 Å². The van der Waals surface area contributed by atoms with Crippen LogP contribution in [0.2, 0.25) is 0 Å². The van der Waals surface area contributed by atoms with Gasteiger partial charge in [0.1, 0.15) is 5.82 Å². The molecule has 2 fully saturated rings. The predicted molar refractivity (Wildman–Crippen MR) is 104 cm³/mol. The summed E-state index contributed by atoms with van der Waals surface area (Å²) in [6.45, 7) is 2.35. The van der Waals surface area contributed by atoms with Crippen molar-refractivity contribution >= 4 is 0 Å². The maximum absolute atomic E-state index is 12.9. The molecule has 0 aliphatic heterocycles. The number of hydrogen-bond donors (Lipinski definition) is 0. The minimum Gasteiger partial charge on any atom is -0.207 e. The Kier molecular flexibility index (Phi) is 6.74. The van der Waals surface area contributed by atoms with Gasteiger partial charge in [-0.25, -0.2) is 4.39 Å². The van der Waals surface area contributed by atoms with Crippen LogP contribution >= 0.6 is 0 Å². The molecule has 1 aromatic carbocycles. The Morgan fingerprint density at radius 1 is 0.920 bits per heavy atom. The second-order valence-corrected chi connectivity index (χ2v) is 8.00. The topological polar surface area (TPSA) is 0 Å².